The first-order valence-corrected chi connectivity index (χ1v) is 10.1. The van der Waals surface area contributed by atoms with Crippen LogP contribution in [0.15, 0.2) is 48.5 Å². The summed E-state index contributed by atoms with van der Waals surface area (Å²) in [7, 11) is 0. The number of para-hydroxylation sites is 2. The van der Waals surface area contributed by atoms with E-state index in [0.29, 0.717) is 17.1 Å². The van der Waals surface area contributed by atoms with E-state index in [1.165, 1.54) is 25.7 Å². The molecule has 0 unspecified atom stereocenters. The molecule has 1 heterocycles. The van der Waals surface area contributed by atoms with Gasteiger partial charge in [-0.05, 0) is 30.7 Å². The van der Waals surface area contributed by atoms with Gasteiger partial charge in [-0.15, -0.1) is 0 Å². The van der Waals surface area contributed by atoms with Crippen LogP contribution in [0.2, 0.25) is 5.02 Å². The third-order valence-corrected chi connectivity index (χ3v) is 5.07. The summed E-state index contributed by atoms with van der Waals surface area (Å²) < 4.78 is 2.23. The molecule has 0 bridgehead atoms. The lowest BCUT2D eigenvalue weighted by Crippen LogP contribution is -2.25. The number of hydrogen-bond donors (Lipinski definition) is 1. The lowest BCUT2D eigenvalue weighted by atomic mass is 10.1. The molecule has 0 aliphatic carbocycles. The molecular formula is C22H26ClN3O. The van der Waals surface area contributed by atoms with Crippen LogP contribution in [0, 0.1) is 0 Å². The minimum Gasteiger partial charge on any atom is -0.345 e. The molecule has 0 saturated carbocycles. The predicted octanol–water partition coefficient (Wildman–Crippen LogP) is 5.59. The second-order valence-corrected chi connectivity index (χ2v) is 7.15. The van der Waals surface area contributed by atoms with E-state index in [9.17, 15) is 4.79 Å². The van der Waals surface area contributed by atoms with Crippen LogP contribution in [0.5, 0.6) is 0 Å². The van der Waals surface area contributed by atoms with Gasteiger partial charge in [0.2, 0.25) is 0 Å². The van der Waals surface area contributed by atoms with E-state index >= 15 is 0 Å². The van der Waals surface area contributed by atoms with Gasteiger partial charge in [0, 0.05) is 6.54 Å². The van der Waals surface area contributed by atoms with Gasteiger partial charge in [-0.25, -0.2) is 4.98 Å². The number of imidazole rings is 1. The molecule has 3 rings (SSSR count). The summed E-state index contributed by atoms with van der Waals surface area (Å²) in [5, 5.41) is 3.42. The largest absolute Gasteiger partial charge is 0.345 e. The van der Waals surface area contributed by atoms with Crippen molar-refractivity contribution in [3.05, 3.63) is 64.9 Å². The van der Waals surface area contributed by atoms with Crippen molar-refractivity contribution in [2.45, 2.75) is 52.1 Å². The predicted molar refractivity (Wildman–Crippen MR) is 111 cm³/mol. The van der Waals surface area contributed by atoms with Gasteiger partial charge in [-0.1, -0.05) is 68.5 Å². The van der Waals surface area contributed by atoms with E-state index in [0.717, 1.165) is 29.8 Å². The summed E-state index contributed by atoms with van der Waals surface area (Å²) in [6.07, 6.45) is 6.12. The lowest BCUT2D eigenvalue weighted by Gasteiger charge is -2.11. The Hall–Kier alpha value is -2.33. The minimum atomic E-state index is -0.179. The fraction of sp³-hybridized carbons (Fsp3) is 0.364. The van der Waals surface area contributed by atoms with E-state index in [4.69, 9.17) is 16.6 Å². The van der Waals surface area contributed by atoms with Gasteiger partial charge in [0.05, 0.1) is 28.2 Å². The van der Waals surface area contributed by atoms with E-state index in [-0.39, 0.29) is 5.91 Å². The molecule has 0 aliphatic heterocycles. The van der Waals surface area contributed by atoms with Gasteiger partial charge >= 0.3 is 0 Å². The average Bonchev–Trinajstić information content (AvgIpc) is 3.04. The number of nitrogens with zero attached hydrogens (tertiary/aromatic N) is 2. The van der Waals surface area contributed by atoms with E-state index in [1.807, 2.05) is 30.3 Å². The summed E-state index contributed by atoms with van der Waals surface area (Å²) in [5.74, 6) is 0.703. The van der Waals surface area contributed by atoms with Crippen molar-refractivity contribution >= 4 is 28.5 Å². The van der Waals surface area contributed by atoms with Crippen molar-refractivity contribution in [1.29, 1.82) is 0 Å². The molecule has 5 heteroatoms. The minimum absolute atomic E-state index is 0.179. The molecule has 0 radical (unpaired) electrons. The molecule has 27 heavy (non-hydrogen) atoms. The summed E-state index contributed by atoms with van der Waals surface area (Å²) in [4.78, 5) is 17.2. The number of carbonyl (C=O) groups is 1. The first-order chi connectivity index (χ1) is 13.2. The van der Waals surface area contributed by atoms with Gasteiger partial charge in [-0.2, -0.15) is 0 Å². The Balaban J connectivity index is 1.72. The number of carbonyl (C=O) groups excluding carboxylic acids is 1. The van der Waals surface area contributed by atoms with E-state index < -0.39 is 0 Å². The van der Waals surface area contributed by atoms with Crippen LogP contribution in [0.4, 0.5) is 0 Å². The number of aromatic nitrogens is 2. The highest BCUT2D eigenvalue weighted by Gasteiger charge is 2.13. The van der Waals surface area contributed by atoms with Crippen molar-refractivity contribution < 1.29 is 4.79 Å². The van der Waals surface area contributed by atoms with E-state index in [1.54, 1.807) is 12.1 Å². The average molecular weight is 384 g/mol. The molecule has 3 aromatic rings. The number of halogens is 1. The monoisotopic (exact) mass is 383 g/mol. The number of aryl methyl sites for hydroxylation is 1. The van der Waals surface area contributed by atoms with Crippen LogP contribution in [0.3, 0.4) is 0 Å². The number of amides is 1. The molecule has 0 spiro atoms. The zero-order valence-corrected chi connectivity index (χ0v) is 16.5. The van der Waals surface area contributed by atoms with Gasteiger partial charge in [0.1, 0.15) is 5.82 Å². The van der Waals surface area contributed by atoms with Crippen LogP contribution in [0.1, 0.15) is 55.2 Å². The van der Waals surface area contributed by atoms with Crippen molar-refractivity contribution in [2.24, 2.45) is 0 Å². The van der Waals surface area contributed by atoms with Crippen molar-refractivity contribution in [1.82, 2.24) is 14.9 Å². The van der Waals surface area contributed by atoms with Gasteiger partial charge < -0.3 is 9.88 Å². The number of benzene rings is 2. The van der Waals surface area contributed by atoms with Crippen molar-refractivity contribution in [3.63, 3.8) is 0 Å². The maximum absolute atomic E-state index is 12.5. The highest BCUT2D eigenvalue weighted by molar-refractivity contribution is 6.33. The van der Waals surface area contributed by atoms with Crippen molar-refractivity contribution in [3.8, 4) is 0 Å². The molecule has 0 fully saturated rings. The number of unbranched alkanes of at least 4 members (excludes halogenated alkanes) is 4. The molecule has 0 saturated heterocycles. The van der Waals surface area contributed by atoms with Crippen molar-refractivity contribution in [2.75, 3.05) is 0 Å². The van der Waals surface area contributed by atoms with Gasteiger partial charge in [0.15, 0.2) is 0 Å². The number of fused-ring (bicyclic) bond motifs is 1. The Morgan fingerprint density at radius 3 is 2.59 bits per heavy atom. The first kappa shape index (κ1) is 19.4. The molecule has 0 atom stereocenters. The molecule has 142 valence electrons. The van der Waals surface area contributed by atoms with Crippen LogP contribution >= 0.6 is 11.6 Å². The molecule has 4 nitrogen and oxygen atoms in total. The fourth-order valence-electron chi connectivity index (χ4n) is 3.28. The second-order valence-electron chi connectivity index (χ2n) is 6.75. The normalized spacial score (nSPS) is 11.0. The highest BCUT2D eigenvalue weighted by atomic mass is 35.5. The SMILES string of the molecule is CCCCCCCn1c(CNC(=O)c2ccccc2Cl)nc2ccccc21. The summed E-state index contributed by atoms with van der Waals surface area (Å²) >= 11 is 6.12. The molecule has 2 aromatic carbocycles. The topological polar surface area (TPSA) is 46.9 Å². The third-order valence-electron chi connectivity index (χ3n) is 4.74. The molecular weight excluding hydrogens is 358 g/mol. The third kappa shape index (κ3) is 4.89. The van der Waals surface area contributed by atoms with Crippen LogP contribution in [-0.2, 0) is 13.1 Å². The zero-order chi connectivity index (χ0) is 19.1. The van der Waals surface area contributed by atoms with Crippen LogP contribution in [0.25, 0.3) is 11.0 Å². The number of nitrogens with one attached hydrogen (secondary N) is 1. The first-order valence-electron chi connectivity index (χ1n) is 9.67. The summed E-state index contributed by atoms with van der Waals surface area (Å²) in [6, 6.07) is 15.2. The van der Waals surface area contributed by atoms with Gasteiger partial charge in [0.25, 0.3) is 5.91 Å². The smallest absolute Gasteiger partial charge is 0.253 e. The van der Waals surface area contributed by atoms with Crippen LogP contribution in [-0.4, -0.2) is 15.5 Å². The fourth-order valence-corrected chi connectivity index (χ4v) is 3.50. The quantitative estimate of drug-likeness (QED) is 0.489. The molecule has 1 N–H and O–H groups in total. The van der Waals surface area contributed by atoms with Gasteiger partial charge in [-0.3, -0.25) is 4.79 Å². The molecule has 0 aliphatic rings. The molecule has 1 aromatic heterocycles. The maximum atomic E-state index is 12.5. The molecule has 1 amide bonds. The zero-order valence-electron chi connectivity index (χ0n) is 15.7. The number of rotatable bonds is 9. The Kier molecular flexibility index (Phi) is 6.88. The Bertz CT molecular complexity index is 903. The maximum Gasteiger partial charge on any atom is 0.253 e. The Morgan fingerprint density at radius 1 is 1.04 bits per heavy atom. The second kappa shape index (κ2) is 9.56. The van der Waals surface area contributed by atoms with Crippen LogP contribution < -0.4 is 5.32 Å². The lowest BCUT2D eigenvalue weighted by molar-refractivity contribution is 0.0949. The van der Waals surface area contributed by atoms with E-state index in [2.05, 4.69) is 22.9 Å². The Morgan fingerprint density at radius 2 is 1.78 bits per heavy atom. The summed E-state index contributed by atoms with van der Waals surface area (Å²) in [6.45, 7) is 3.53. The summed E-state index contributed by atoms with van der Waals surface area (Å²) in [5.41, 5.74) is 2.57. The number of hydrogen-bond acceptors (Lipinski definition) is 2. The standard InChI is InChI=1S/C22H26ClN3O/c1-2-3-4-5-10-15-26-20-14-9-8-13-19(20)25-21(26)16-24-22(27)17-11-6-7-12-18(17)23/h6-9,11-14H,2-5,10,15-16H2,1H3,(H,24,27). The highest BCUT2D eigenvalue weighted by Crippen LogP contribution is 2.19. The Labute approximate surface area is 165 Å².